The van der Waals surface area contributed by atoms with E-state index in [0.717, 1.165) is 46.9 Å². The van der Waals surface area contributed by atoms with Crippen LogP contribution in [0.4, 0.5) is 0 Å². The van der Waals surface area contributed by atoms with E-state index >= 15 is 0 Å². The Morgan fingerprint density at radius 2 is 1.82 bits per heavy atom. The number of para-hydroxylation sites is 1. The lowest BCUT2D eigenvalue weighted by atomic mass is 9.87. The van der Waals surface area contributed by atoms with Crippen LogP contribution >= 0.6 is 0 Å². The van der Waals surface area contributed by atoms with Gasteiger partial charge in [0.15, 0.2) is 11.5 Å². The molecule has 2 amide bonds. The minimum atomic E-state index is -0.749. The van der Waals surface area contributed by atoms with Crippen LogP contribution < -0.4 is 20.1 Å². The van der Waals surface area contributed by atoms with Crippen molar-refractivity contribution in [3.8, 4) is 11.5 Å². The maximum atomic E-state index is 13.7. The molecule has 5 rings (SSSR count). The number of ether oxygens (including phenoxy) is 2. The molecular weight excluding hydrogens is 490 g/mol. The van der Waals surface area contributed by atoms with Crippen molar-refractivity contribution in [2.24, 2.45) is 0 Å². The van der Waals surface area contributed by atoms with Gasteiger partial charge < -0.3 is 25.1 Å². The largest absolute Gasteiger partial charge is 0.493 e. The molecule has 0 bridgehead atoms. The number of aromatic nitrogens is 1. The molecule has 3 aromatic carbocycles. The zero-order valence-electron chi connectivity index (χ0n) is 22.2. The summed E-state index contributed by atoms with van der Waals surface area (Å²) in [6.07, 6.45) is 8.29. The van der Waals surface area contributed by atoms with Crippen LogP contribution in [0.25, 0.3) is 17.0 Å². The molecule has 200 valence electrons. The highest BCUT2D eigenvalue weighted by Crippen LogP contribution is 2.30. The fourth-order valence-corrected chi connectivity index (χ4v) is 5.25. The fourth-order valence-electron chi connectivity index (χ4n) is 5.25. The molecule has 0 aliphatic heterocycles. The smallest absolute Gasteiger partial charge is 0.244 e. The van der Waals surface area contributed by atoms with Gasteiger partial charge in [-0.25, -0.2) is 0 Å². The quantitative estimate of drug-likeness (QED) is 0.266. The van der Waals surface area contributed by atoms with Gasteiger partial charge in [0.2, 0.25) is 11.8 Å². The van der Waals surface area contributed by atoms with Crippen LogP contribution in [0.5, 0.6) is 11.5 Å². The molecule has 7 nitrogen and oxygen atoms in total. The number of amides is 2. The van der Waals surface area contributed by atoms with Gasteiger partial charge in [0, 0.05) is 29.6 Å². The molecular formula is C32H33N3O4. The predicted octanol–water partition coefficient (Wildman–Crippen LogP) is 5.12. The van der Waals surface area contributed by atoms with Crippen LogP contribution in [0.15, 0.2) is 79.0 Å². The van der Waals surface area contributed by atoms with Crippen molar-refractivity contribution in [1.29, 1.82) is 0 Å². The number of hydrogen-bond acceptors (Lipinski definition) is 4. The molecule has 7 heteroatoms. The second-order valence-corrected chi connectivity index (χ2v) is 9.72. The molecule has 0 saturated carbocycles. The molecule has 0 saturated heterocycles. The second-order valence-electron chi connectivity index (χ2n) is 9.72. The van der Waals surface area contributed by atoms with Crippen LogP contribution in [0.3, 0.4) is 0 Å². The number of H-pyrrole nitrogens is 1. The molecule has 2 atom stereocenters. The monoisotopic (exact) mass is 523 g/mol. The highest BCUT2D eigenvalue weighted by Gasteiger charge is 2.27. The molecule has 0 radical (unpaired) electrons. The van der Waals surface area contributed by atoms with Crippen LogP contribution in [-0.2, 0) is 22.4 Å². The molecule has 1 aliphatic rings. The van der Waals surface area contributed by atoms with Gasteiger partial charge in [-0.15, -0.1) is 0 Å². The van der Waals surface area contributed by atoms with Gasteiger partial charge in [-0.1, -0.05) is 48.5 Å². The van der Waals surface area contributed by atoms with E-state index in [0.29, 0.717) is 17.9 Å². The number of hydrogen-bond donors (Lipinski definition) is 3. The first-order valence-electron chi connectivity index (χ1n) is 13.2. The first-order valence-corrected chi connectivity index (χ1v) is 13.2. The number of rotatable bonds is 9. The minimum Gasteiger partial charge on any atom is -0.493 e. The van der Waals surface area contributed by atoms with E-state index in [1.54, 1.807) is 32.4 Å². The summed E-state index contributed by atoms with van der Waals surface area (Å²) >= 11 is 0. The summed E-state index contributed by atoms with van der Waals surface area (Å²) in [6.45, 7) is 0. The summed E-state index contributed by atoms with van der Waals surface area (Å²) in [5, 5.41) is 7.21. The molecule has 4 aromatic rings. The van der Waals surface area contributed by atoms with Gasteiger partial charge in [-0.05, 0) is 65.8 Å². The molecule has 0 spiro atoms. The molecule has 2 unspecified atom stereocenters. The Morgan fingerprint density at radius 3 is 2.67 bits per heavy atom. The summed E-state index contributed by atoms with van der Waals surface area (Å²) in [4.78, 5) is 30.0. The lowest BCUT2D eigenvalue weighted by molar-refractivity contribution is -0.127. The zero-order chi connectivity index (χ0) is 27.2. The van der Waals surface area contributed by atoms with Gasteiger partial charge in [-0.2, -0.15) is 0 Å². The first kappa shape index (κ1) is 26.1. The van der Waals surface area contributed by atoms with E-state index in [1.807, 2.05) is 48.7 Å². The lowest BCUT2D eigenvalue weighted by Crippen LogP contribution is -2.48. The molecule has 1 aromatic heterocycles. The number of aromatic amines is 1. The van der Waals surface area contributed by atoms with E-state index in [9.17, 15) is 9.59 Å². The lowest BCUT2D eigenvalue weighted by Gasteiger charge is -2.28. The van der Waals surface area contributed by atoms with Crippen molar-refractivity contribution in [3.63, 3.8) is 0 Å². The van der Waals surface area contributed by atoms with E-state index in [1.165, 1.54) is 11.6 Å². The number of fused-ring (bicyclic) bond motifs is 2. The summed E-state index contributed by atoms with van der Waals surface area (Å²) in [5.41, 5.74) is 5.16. The number of aryl methyl sites for hydroxylation is 1. The molecule has 1 heterocycles. The third kappa shape index (κ3) is 5.98. The van der Waals surface area contributed by atoms with Gasteiger partial charge in [-0.3, -0.25) is 9.59 Å². The number of methoxy groups -OCH3 is 2. The van der Waals surface area contributed by atoms with Gasteiger partial charge in [0.1, 0.15) is 6.04 Å². The van der Waals surface area contributed by atoms with Gasteiger partial charge in [0.25, 0.3) is 0 Å². The standard InChI is InChI=1S/C32H33N3O4/c1-38-29-16-14-21(18-30(29)39-2)15-17-31(36)34-28(19-23-20-33-26-12-6-5-11-25(23)26)32(37)35-27-13-7-9-22-8-3-4-10-24(22)27/h3-6,8,10-12,14-18,20,27-28,33H,7,9,13,19H2,1-2H3,(H,34,36)(H,35,37). The second kappa shape index (κ2) is 11.9. The normalized spacial score (nSPS) is 15.5. The summed E-state index contributed by atoms with van der Waals surface area (Å²) < 4.78 is 10.6. The summed E-state index contributed by atoms with van der Waals surface area (Å²) in [6, 6.07) is 20.8. The predicted molar refractivity (Wildman–Crippen MR) is 153 cm³/mol. The van der Waals surface area contributed by atoms with Crippen LogP contribution in [-0.4, -0.2) is 37.1 Å². The van der Waals surface area contributed by atoms with Crippen molar-refractivity contribution in [2.75, 3.05) is 14.2 Å². The molecule has 39 heavy (non-hydrogen) atoms. The molecule has 1 aliphatic carbocycles. The van der Waals surface area contributed by atoms with Crippen LogP contribution in [0.2, 0.25) is 0 Å². The first-order chi connectivity index (χ1) is 19.1. The van der Waals surface area contributed by atoms with E-state index < -0.39 is 6.04 Å². The average Bonchev–Trinajstić information content (AvgIpc) is 3.38. The Bertz CT molecular complexity index is 1510. The Labute approximate surface area is 228 Å². The van der Waals surface area contributed by atoms with Gasteiger partial charge >= 0.3 is 0 Å². The molecule has 3 N–H and O–H groups in total. The Hall–Kier alpha value is -4.52. The topological polar surface area (TPSA) is 92.5 Å². The van der Waals surface area contributed by atoms with Crippen molar-refractivity contribution >= 4 is 28.8 Å². The third-order valence-corrected chi connectivity index (χ3v) is 7.25. The van der Waals surface area contributed by atoms with Crippen molar-refractivity contribution in [3.05, 3.63) is 101 Å². The number of carbonyl (C=O) groups is 2. The zero-order valence-corrected chi connectivity index (χ0v) is 22.2. The molecule has 0 fully saturated rings. The minimum absolute atomic E-state index is 0.0767. The Morgan fingerprint density at radius 1 is 1.03 bits per heavy atom. The average molecular weight is 524 g/mol. The van der Waals surface area contributed by atoms with Crippen LogP contribution in [0, 0.1) is 0 Å². The maximum absolute atomic E-state index is 13.7. The third-order valence-electron chi connectivity index (χ3n) is 7.25. The number of carbonyl (C=O) groups excluding carboxylic acids is 2. The van der Waals surface area contributed by atoms with Crippen molar-refractivity contribution in [1.82, 2.24) is 15.6 Å². The highest BCUT2D eigenvalue weighted by molar-refractivity contribution is 5.96. The van der Waals surface area contributed by atoms with Gasteiger partial charge in [0.05, 0.1) is 20.3 Å². The van der Waals surface area contributed by atoms with E-state index in [4.69, 9.17) is 9.47 Å². The van der Waals surface area contributed by atoms with Crippen LogP contribution in [0.1, 0.15) is 41.1 Å². The summed E-state index contributed by atoms with van der Waals surface area (Å²) in [5.74, 6) is 0.631. The van der Waals surface area contributed by atoms with Crippen molar-refractivity contribution in [2.45, 2.75) is 37.8 Å². The van der Waals surface area contributed by atoms with E-state index in [2.05, 4.69) is 27.8 Å². The fraction of sp³-hybridized carbons (Fsp3) is 0.250. The Balaban J connectivity index is 1.36. The maximum Gasteiger partial charge on any atom is 0.244 e. The SMILES string of the molecule is COc1ccc(C=CC(=O)NC(Cc2c[nH]c3ccccc23)C(=O)NC2CCCc3ccccc32)cc1OC. The highest BCUT2D eigenvalue weighted by atomic mass is 16.5. The van der Waals surface area contributed by atoms with E-state index in [-0.39, 0.29) is 17.9 Å². The number of benzene rings is 3. The number of nitrogens with one attached hydrogen (secondary N) is 3. The Kier molecular flexibility index (Phi) is 7.96. The summed E-state index contributed by atoms with van der Waals surface area (Å²) in [7, 11) is 3.14. The van der Waals surface area contributed by atoms with Crippen molar-refractivity contribution < 1.29 is 19.1 Å².